The van der Waals surface area contributed by atoms with Gasteiger partial charge in [-0.3, -0.25) is 48.9 Å². The fraction of sp³-hybridized carbons (Fsp3) is 0.514. The second kappa shape index (κ2) is 36.3. The molecule has 41 heteroatoms. The molecule has 8 rings (SSSR count). The van der Waals surface area contributed by atoms with Gasteiger partial charge >= 0.3 is 56.8 Å². The lowest BCUT2D eigenvalue weighted by Crippen LogP contribution is -2.64. The molecule has 5 heterocycles. The van der Waals surface area contributed by atoms with Crippen molar-refractivity contribution in [2.75, 3.05) is 65.1 Å². The Hall–Kier alpha value is -10.2. The van der Waals surface area contributed by atoms with E-state index in [2.05, 4.69) is 56.9 Å². The maximum absolute atomic E-state index is 16.9. The second-order valence-electron chi connectivity index (χ2n) is 29.1. The number of piperazine rings is 1. The molecule has 0 aliphatic carbocycles. The monoisotopic (exact) mass is 1630 g/mol. The van der Waals surface area contributed by atoms with E-state index in [1.54, 1.807) is 5.32 Å². The molecule has 0 spiro atoms. The van der Waals surface area contributed by atoms with Crippen LogP contribution in [0.2, 0.25) is 0 Å². The van der Waals surface area contributed by atoms with Crippen LogP contribution in [-0.2, 0) is 77.1 Å². The number of carboxylic acids is 2. The number of anilines is 1. The molecular weight excluding hydrogens is 1540 g/mol. The van der Waals surface area contributed by atoms with E-state index in [1.165, 1.54) is 63.5 Å². The molecule has 2 unspecified atom stereocenters. The zero-order chi connectivity index (χ0) is 83.6. The number of rotatable bonds is 33. The summed E-state index contributed by atoms with van der Waals surface area (Å²) in [4.78, 5) is 144. The molecule has 3 aliphatic rings. The number of nitrogens with zero attached hydrogens (tertiary/aromatic N) is 8. The van der Waals surface area contributed by atoms with Crippen molar-refractivity contribution in [2.45, 2.75) is 167 Å². The number of aryl methyl sites for hydroxylation is 1. The van der Waals surface area contributed by atoms with Crippen molar-refractivity contribution in [2.24, 2.45) is 10.8 Å². The quantitative estimate of drug-likeness (QED) is 0.00492. The summed E-state index contributed by atoms with van der Waals surface area (Å²) >= 11 is 0. The van der Waals surface area contributed by atoms with E-state index in [0.29, 0.717) is 108 Å². The highest BCUT2D eigenvalue weighted by Crippen LogP contribution is 2.47. The Bertz CT molecular complexity index is 4380. The predicted octanol–water partition coefficient (Wildman–Crippen LogP) is 8.03. The number of halogens is 10. The molecule has 0 saturated carbocycles. The maximum atomic E-state index is 16.9. The highest BCUT2D eigenvalue weighted by Gasteiger charge is 2.58. The number of methoxy groups -OCH3 is 2. The standard InChI is InChI=1S/C72H85F10N12O18P/c1-39-23-44(28-55(95)90(36-57(98)99)21-10-11-56(96)97)59(53(24-39)112-113(105,106)107)68(2,3)29-58(100)111-54(35-92(89-63(102)61(87-67(104)109-9)70(6,7)72(80,81)82)34-48-49(73)26-43(27-50(48)74)51-20-22-93(88-51)64(75)76)52(85-62(101)60(86-66(103)108-8)69(4,5)71(77,78)79)25-41-15-12-40(13-16-41)14-17-42-30-83-65(84-31-42)91-32-45-18-19-46(33-91)94(45)47-37-110-38-47/h12-13,15-16,20,22-24,26-27,30-31,45-47,52,54,60-61,64H,10-11,18-19,21,25,28-29,32-38H2,1-9H3,(H,85,101)(H,86,103)(H,87,104)(H,89,102)(H,96,97)(H,98,99)(H2,105,106,107)/t45?,46?,52-,54-,60+,61+/m0/s1. The van der Waals surface area contributed by atoms with Crippen LogP contribution >= 0.6 is 7.82 Å². The summed E-state index contributed by atoms with van der Waals surface area (Å²) in [5, 5.41) is 29.1. The molecule has 616 valence electrons. The third-order valence-electron chi connectivity index (χ3n) is 19.6. The molecule has 30 nitrogen and oxygen atoms in total. The number of hydrazine groups is 1. The number of carboxylic acid groups (broad SMARTS) is 2. The first-order valence-corrected chi connectivity index (χ1v) is 36.5. The summed E-state index contributed by atoms with van der Waals surface area (Å²) < 4.78 is 192. The molecule has 3 saturated heterocycles. The highest BCUT2D eigenvalue weighted by atomic mass is 31.2. The van der Waals surface area contributed by atoms with E-state index in [1.807, 2.05) is 5.32 Å². The van der Waals surface area contributed by atoms with Crippen molar-refractivity contribution in [3.05, 3.63) is 124 Å². The first-order valence-electron chi connectivity index (χ1n) is 35.0. The van der Waals surface area contributed by atoms with Crippen LogP contribution in [0.1, 0.15) is 119 Å². The van der Waals surface area contributed by atoms with Gasteiger partial charge in [0, 0.05) is 90.9 Å². The molecule has 2 aromatic heterocycles. The zero-order valence-electron chi connectivity index (χ0n) is 62.5. The van der Waals surface area contributed by atoms with Gasteiger partial charge in [0.1, 0.15) is 42.1 Å². The number of alkyl carbamates (subject to hydrolysis) is 2. The smallest absolute Gasteiger partial charge is 0.481 e. The van der Waals surface area contributed by atoms with Crippen LogP contribution < -0.4 is 30.8 Å². The number of amides is 5. The molecular formula is C72H85F10N12O18P. The molecule has 0 radical (unpaired) electrons. The van der Waals surface area contributed by atoms with Gasteiger partial charge in [-0.25, -0.2) is 42.6 Å². The molecule has 5 amide bonds. The molecule has 2 bridgehead atoms. The molecule has 6 atom stereocenters. The van der Waals surface area contributed by atoms with Gasteiger partial charge in [-0.15, -0.1) is 0 Å². The Kier molecular flexibility index (Phi) is 28.4. The van der Waals surface area contributed by atoms with Gasteiger partial charge in [-0.1, -0.05) is 43.9 Å². The van der Waals surface area contributed by atoms with Gasteiger partial charge in [-0.2, -0.15) is 40.2 Å². The summed E-state index contributed by atoms with van der Waals surface area (Å²) in [6, 6.07) is 3.30. The Morgan fingerprint density at radius 1 is 0.752 bits per heavy atom. The lowest BCUT2D eigenvalue weighted by atomic mass is 9.77. The number of aliphatic carboxylic acids is 2. The van der Waals surface area contributed by atoms with Gasteiger partial charge in [0.05, 0.1) is 81.0 Å². The lowest BCUT2D eigenvalue weighted by Gasteiger charge is -2.47. The average molecular weight is 1630 g/mol. The Labute approximate surface area is 640 Å². The van der Waals surface area contributed by atoms with E-state index in [0.717, 1.165) is 43.2 Å². The van der Waals surface area contributed by atoms with Crippen molar-refractivity contribution < 1.29 is 130 Å². The molecule has 3 aromatic carbocycles. The number of hydrogen-bond acceptors (Lipinski definition) is 20. The van der Waals surface area contributed by atoms with Crippen molar-refractivity contribution in [3.63, 3.8) is 0 Å². The van der Waals surface area contributed by atoms with Crippen LogP contribution in [-0.4, -0.2) is 217 Å². The topological polar surface area (TPSA) is 385 Å². The minimum absolute atomic E-state index is 0.0567. The number of phosphoric acid groups is 1. The van der Waals surface area contributed by atoms with Crippen LogP contribution in [0.3, 0.4) is 0 Å². The first-order chi connectivity index (χ1) is 52.7. The third kappa shape index (κ3) is 22.8. The number of esters is 1. The molecule has 3 aliphatic heterocycles. The van der Waals surface area contributed by atoms with Gasteiger partial charge in [0.15, 0.2) is 0 Å². The van der Waals surface area contributed by atoms with E-state index in [-0.39, 0.29) is 38.9 Å². The van der Waals surface area contributed by atoms with E-state index < -0.39 is 201 Å². The summed E-state index contributed by atoms with van der Waals surface area (Å²) in [5.41, 5.74) is -8.39. The number of aromatic nitrogens is 4. The minimum atomic E-state index is -5.66. The van der Waals surface area contributed by atoms with Crippen LogP contribution in [0.4, 0.5) is 59.4 Å². The lowest BCUT2D eigenvalue weighted by molar-refractivity contribution is -0.221. The Balaban J connectivity index is 1.28. The van der Waals surface area contributed by atoms with Crippen LogP contribution in [0.25, 0.3) is 11.3 Å². The van der Waals surface area contributed by atoms with Crippen molar-refractivity contribution in [3.8, 4) is 28.8 Å². The summed E-state index contributed by atoms with van der Waals surface area (Å²) in [5.74, 6) is -6.53. The number of phosphoric ester groups is 1. The number of nitrogens with one attached hydrogen (secondary N) is 4. The largest absolute Gasteiger partial charge is 0.524 e. The summed E-state index contributed by atoms with van der Waals surface area (Å²) in [6.45, 7) is 0.962. The SMILES string of the molecule is COC(=O)N[C@H](C(=O)N[C@@H](Cc1ccc(C#Cc2cnc(N3CC4CCC(C3)N4C3COC3)nc2)cc1)[C@H](CN(Cc1c(F)cc(-c2ccn(C(F)F)n2)cc1F)NC(=O)[C@@H](NC(=O)OC)C(C)(C)C(F)(F)F)OC(=O)CC(C)(C)c1c(CC(=O)N(CCCC(=O)O)CC(=O)O)cc(C)cc1OP(=O)(O)O)C(C)(C)C(F)(F)F. The van der Waals surface area contributed by atoms with Crippen LogP contribution in [0.5, 0.6) is 5.75 Å². The highest BCUT2D eigenvalue weighted by molar-refractivity contribution is 7.46. The van der Waals surface area contributed by atoms with Gasteiger partial charge in [0.25, 0.3) is 5.91 Å². The number of ether oxygens (including phenoxy) is 4. The number of fused-ring (bicyclic) bond motifs is 2. The van der Waals surface area contributed by atoms with Gasteiger partial charge < -0.3 is 59.4 Å². The average Bonchev–Trinajstić information content (AvgIpc) is 1.57. The fourth-order valence-electron chi connectivity index (χ4n) is 13.4. The fourth-order valence-corrected chi connectivity index (χ4v) is 13.8. The predicted molar refractivity (Wildman–Crippen MR) is 377 cm³/mol. The van der Waals surface area contributed by atoms with E-state index >= 15 is 44.7 Å². The second-order valence-corrected chi connectivity index (χ2v) is 30.3. The van der Waals surface area contributed by atoms with Crippen molar-refractivity contribution in [1.82, 2.24) is 55.9 Å². The summed E-state index contributed by atoms with van der Waals surface area (Å²) in [6.07, 6.45) is -14.2. The Morgan fingerprint density at radius 3 is 1.82 bits per heavy atom. The number of alkyl halides is 8. The number of hydrogen-bond donors (Lipinski definition) is 8. The van der Waals surface area contributed by atoms with Gasteiger partial charge in [-0.05, 0) is 113 Å². The van der Waals surface area contributed by atoms with E-state index in [4.69, 9.17) is 14.0 Å². The van der Waals surface area contributed by atoms with Crippen LogP contribution in [0.15, 0.2) is 73.2 Å². The molecule has 3 fully saturated rings. The third-order valence-corrected chi connectivity index (χ3v) is 20.0. The minimum Gasteiger partial charge on any atom is -0.481 e. The molecule has 5 aromatic rings. The van der Waals surface area contributed by atoms with Crippen molar-refractivity contribution in [1.29, 1.82) is 0 Å². The van der Waals surface area contributed by atoms with Crippen molar-refractivity contribution >= 4 is 61.6 Å². The molecule has 8 N–H and O–H groups in total. The first kappa shape index (κ1) is 88.4. The number of carbonyl (C=O) groups excluding carboxylic acids is 6. The molecule has 113 heavy (non-hydrogen) atoms. The van der Waals surface area contributed by atoms with Crippen LogP contribution in [0, 0.1) is 41.2 Å². The number of carbonyl (C=O) groups is 8. The Morgan fingerprint density at radius 2 is 1.32 bits per heavy atom. The van der Waals surface area contributed by atoms with Gasteiger partial charge in [0.2, 0.25) is 17.8 Å². The number of benzene rings is 3. The maximum Gasteiger partial charge on any atom is 0.524 e. The zero-order valence-corrected chi connectivity index (χ0v) is 63.4. The summed E-state index contributed by atoms with van der Waals surface area (Å²) in [7, 11) is -4.21. The van der Waals surface area contributed by atoms with E-state index in [9.17, 15) is 62.1 Å². The normalized spacial score (nSPS) is 16.7.